The summed E-state index contributed by atoms with van der Waals surface area (Å²) in [7, 11) is 3.64. The predicted molar refractivity (Wildman–Crippen MR) is 74.6 cm³/mol. The molecular weight excluding hydrogens is 242 g/mol. The van der Waals surface area contributed by atoms with Crippen LogP contribution in [-0.2, 0) is 24.8 Å². The van der Waals surface area contributed by atoms with Crippen LogP contribution in [0, 0.1) is 0 Å². The Hall–Kier alpha value is -1.82. The second kappa shape index (κ2) is 6.38. The summed E-state index contributed by atoms with van der Waals surface area (Å²) >= 11 is 0. The average molecular weight is 263 g/mol. The monoisotopic (exact) mass is 263 g/mol. The van der Waals surface area contributed by atoms with Crippen molar-refractivity contribution < 1.29 is 4.74 Å². The lowest BCUT2D eigenvalue weighted by Crippen LogP contribution is -2.05. The molecule has 1 N–H and O–H groups in total. The van der Waals surface area contributed by atoms with E-state index in [9.17, 15) is 0 Å². The molecule has 0 saturated carbocycles. The maximum atomic E-state index is 5.07. The molecule has 19 heavy (non-hydrogen) atoms. The molecule has 0 spiro atoms. The third-order valence-electron chi connectivity index (χ3n) is 2.95. The van der Waals surface area contributed by atoms with Gasteiger partial charge in [0.2, 0.25) is 5.95 Å². The van der Waals surface area contributed by atoms with Crippen LogP contribution in [0.3, 0.4) is 0 Å². The summed E-state index contributed by atoms with van der Waals surface area (Å²) < 4.78 is 8.98. The number of methoxy groups -OCH3 is 1. The van der Waals surface area contributed by atoms with E-state index in [4.69, 9.17) is 4.74 Å². The molecule has 2 rings (SSSR count). The van der Waals surface area contributed by atoms with Crippen molar-refractivity contribution in [3.05, 3.63) is 24.3 Å². The number of hydrogen-bond acceptors (Lipinski definition) is 4. The second-order valence-corrected chi connectivity index (χ2v) is 4.43. The van der Waals surface area contributed by atoms with Crippen molar-refractivity contribution in [2.45, 2.75) is 26.3 Å². The lowest BCUT2D eigenvalue weighted by atomic mass is 10.3. The van der Waals surface area contributed by atoms with E-state index < -0.39 is 0 Å². The van der Waals surface area contributed by atoms with Crippen LogP contribution in [0.5, 0.6) is 0 Å². The molecule has 0 aliphatic carbocycles. The van der Waals surface area contributed by atoms with Gasteiger partial charge in [0.05, 0.1) is 11.4 Å². The number of imidazole rings is 1. The maximum Gasteiger partial charge on any atom is 0.207 e. The quantitative estimate of drug-likeness (QED) is 0.776. The van der Waals surface area contributed by atoms with Gasteiger partial charge in [-0.05, 0) is 12.8 Å². The summed E-state index contributed by atoms with van der Waals surface area (Å²) in [6.07, 6.45) is 7.62. The van der Waals surface area contributed by atoms with E-state index in [1.54, 1.807) is 13.3 Å². The highest BCUT2D eigenvalue weighted by atomic mass is 16.5. The van der Waals surface area contributed by atoms with Gasteiger partial charge in [0.15, 0.2) is 0 Å². The van der Waals surface area contributed by atoms with Crippen LogP contribution in [0.2, 0.25) is 0 Å². The van der Waals surface area contributed by atoms with Gasteiger partial charge in [-0.25, -0.2) is 4.98 Å². The fraction of sp³-hybridized carbons (Fsp3) is 0.538. The van der Waals surface area contributed by atoms with Gasteiger partial charge in [0.25, 0.3) is 0 Å². The van der Waals surface area contributed by atoms with Crippen LogP contribution in [0.25, 0.3) is 0 Å². The molecule has 0 unspecified atom stereocenters. The third-order valence-corrected chi connectivity index (χ3v) is 2.95. The summed E-state index contributed by atoms with van der Waals surface area (Å²) in [5.74, 6) is 0.846. The highest BCUT2D eigenvalue weighted by Gasteiger charge is 2.09. The first-order valence-electron chi connectivity index (χ1n) is 6.54. The minimum Gasteiger partial charge on any atom is -0.385 e. The standard InChI is InChI=1S/C13H21N5O/c1-4-11-12(10-17(2)16-11)15-13-14-6-8-18(13)7-5-9-19-3/h6,8,10H,4-5,7,9H2,1-3H3,(H,14,15). The maximum absolute atomic E-state index is 5.07. The van der Waals surface area contributed by atoms with Crippen LogP contribution in [0.15, 0.2) is 18.6 Å². The van der Waals surface area contributed by atoms with E-state index >= 15 is 0 Å². The summed E-state index contributed by atoms with van der Waals surface area (Å²) in [4.78, 5) is 4.35. The van der Waals surface area contributed by atoms with Crippen LogP contribution < -0.4 is 5.32 Å². The number of ether oxygens (including phenoxy) is 1. The molecule has 0 aliphatic heterocycles. The predicted octanol–water partition coefficient (Wildman–Crippen LogP) is 1.96. The molecule has 0 bridgehead atoms. The number of nitrogens with one attached hydrogen (secondary N) is 1. The normalized spacial score (nSPS) is 10.9. The Balaban J connectivity index is 2.08. The molecule has 2 aromatic rings. The van der Waals surface area contributed by atoms with Crippen molar-refractivity contribution in [2.24, 2.45) is 7.05 Å². The van der Waals surface area contributed by atoms with Crippen molar-refractivity contribution in [2.75, 3.05) is 19.0 Å². The van der Waals surface area contributed by atoms with E-state index in [1.165, 1.54) is 0 Å². The zero-order valence-electron chi connectivity index (χ0n) is 11.8. The van der Waals surface area contributed by atoms with Crippen LogP contribution in [-0.4, -0.2) is 33.0 Å². The van der Waals surface area contributed by atoms with Gasteiger partial charge < -0.3 is 14.6 Å². The van der Waals surface area contributed by atoms with Crippen molar-refractivity contribution >= 4 is 11.6 Å². The van der Waals surface area contributed by atoms with Gasteiger partial charge in [-0.2, -0.15) is 5.10 Å². The fourth-order valence-corrected chi connectivity index (χ4v) is 2.01. The Labute approximate surface area is 113 Å². The van der Waals surface area contributed by atoms with Gasteiger partial charge in [-0.3, -0.25) is 4.68 Å². The minimum atomic E-state index is 0.755. The van der Waals surface area contributed by atoms with Gasteiger partial charge in [0, 0.05) is 45.9 Å². The molecule has 0 atom stereocenters. The molecule has 6 heteroatoms. The van der Waals surface area contributed by atoms with Gasteiger partial charge in [0.1, 0.15) is 0 Å². The van der Waals surface area contributed by atoms with E-state index in [0.29, 0.717) is 0 Å². The molecule has 6 nitrogen and oxygen atoms in total. The lowest BCUT2D eigenvalue weighted by molar-refractivity contribution is 0.190. The molecule has 104 valence electrons. The van der Waals surface area contributed by atoms with E-state index in [1.807, 2.05) is 24.1 Å². The molecule has 0 saturated heterocycles. The van der Waals surface area contributed by atoms with E-state index in [2.05, 4.69) is 26.9 Å². The Kier molecular flexibility index (Phi) is 4.57. The molecule has 0 radical (unpaired) electrons. The largest absolute Gasteiger partial charge is 0.385 e. The summed E-state index contributed by atoms with van der Waals surface area (Å²) in [5.41, 5.74) is 2.07. The number of aryl methyl sites for hydroxylation is 3. The first-order valence-corrected chi connectivity index (χ1v) is 6.54. The first kappa shape index (κ1) is 13.6. The number of nitrogens with zero attached hydrogens (tertiary/aromatic N) is 4. The molecular formula is C13H21N5O. The number of rotatable bonds is 7. The van der Waals surface area contributed by atoms with Crippen molar-refractivity contribution in [1.82, 2.24) is 19.3 Å². The van der Waals surface area contributed by atoms with Gasteiger partial charge in [-0.1, -0.05) is 6.92 Å². The minimum absolute atomic E-state index is 0.755. The van der Waals surface area contributed by atoms with Gasteiger partial charge in [-0.15, -0.1) is 0 Å². The Morgan fingerprint density at radius 3 is 3.00 bits per heavy atom. The molecule has 0 aliphatic rings. The van der Waals surface area contributed by atoms with Crippen molar-refractivity contribution in [3.63, 3.8) is 0 Å². The van der Waals surface area contributed by atoms with E-state index in [0.717, 1.165) is 43.3 Å². The third kappa shape index (κ3) is 3.35. The summed E-state index contributed by atoms with van der Waals surface area (Å²) in [6, 6.07) is 0. The van der Waals surface area contributed by atoms with Crippen molar-refractivity contribution in [3.8, 4) is 0 Å². The van der Waals surface area contributed by atoms with Crippen molar-refractivity contribution in [1.29, 1.82) is 0 Å². The zero-order chi connectivity index (χ0) is 13.7. The molecule has 0 amide bonds. The second-order valence-electron chi connectivity index (χ2n) is 4.43. The summed E-state index contributed by atoms with van der Waals surface area (Å²) in [6.45, 7) is 3.74. The average Bonchev–Trinajstić information content (AvgIpc) is 2.97. The zero-order valence-corrected chi connectivity index (χ0v) is 11.8. The number of aromatic nitrogens is 4. The summed E-state index contributed by atoms with van der Waals surface area (Å²) in [5, 5.41) is 7.76. The number of hydrogen-bond donors (Lipinski definition) is 1. The Morgan fingerprint density at radius 1 is 1.42 bits per heavy atom. The van der Waals surface area contributed by atoms with Crippen LogP contribution in [0.4, 0.5) is 11.6 Å². The van der Waals surface area contributed by atoms with Crippen LogP contribution in [0.1, 0.15) is 19.0 Å². The molecule has 0 aromatic carbocycles. The topological polar surface area (TPSA) is 56.9 Å². The molecule has 2 heterocycles. The fourth-order valence-electron chi connectivity index (χ4n) is 2.01. The highest BCUT2D eigenvalue weighted by Crippen LogP contribution is 2.19. The first-order chi connectivity index (χ1) is 9.24. The Bertz CT molecular complexity index is 517. The van der Waals surface area contributed by atoms with Gasteiger partial charge >= 0.3 is 0 Å². The smallest absolute Gasteiger partial charge is 0.207 e. The highest BCUT2D eigenvalue weighted by molar-refractivity contribution is 5.55. The molecule has 0 fully saturated rings. The van der Waals surface area contributed by atoms with Crippen LogP contribution >= 0.6 is 0 Å². The lowest BCUT2D eigenvalue weighted by Gasteiger charge is -2.09. The number of anilines is 2. The Morgan fingerprint density at radius 2 is 2.26 bits per heavy atom. The molecule has 2 aromatic heterocycles. The SMILES string of the molecule is CCc1nn(C)cc1Nc1nccn1CCCOC. The van der Waals surface area contributed by atoms with E-state index in [-0.39, 0.29) is 0 Å².